The molecule has 0 amide bonds. The fourth-order valence-electron chi connectivity index (χ4n) is 2.16. The third kappa shape index (κ3) is 4.17. The molecule has 1 aromatic carbocycles. The molecule has 1 atom stereocenters. The molecule has 1 unspecified atom stereocenters. The van der Waals surface area contributed by atoms with Gasteiger partial charge in [-0.2, -0.15) is 0 Å². The molecule has 0 heterocycles. The molecule has 0 radical (unpaired) electrons. The Balaban J connectivity index is 2.78. The monoisotopic (exact) mass is 248 g/mol. The Labute approximate surface area is 110 Å². The fraction of sp³-hybridized carbons (Fsp3) is 0.562. The number of carbonyl (C=O) groups is 1. The Morgan fingerprint density at radius 3 is 2.33 bits per heavy atom. The van der Waals surface area contributed by atoms with Crippen LogP contribution in [0.25, 0.3) is 0 Å². The van der Waals surface area contributed by atoms with Crippen LogP contribution in [0.4, 0.5) is 0 Å². The van der Waals surface area contributed by atoms with Gasteiger partial charge in [0.1, 0.15) is 11.5 Å². The number of Topliss-reactive ketones (excluding diaryl/α,β-unsaturated/α-hetero) is 1. The van der Waals surface area contributed by atoms with Crippen molar-refractivity contribution in [1.29, 1.82) is 0 Å². The average molecular weight is 248 g/mol. The molecule has 0 aliphatic rings. The molecule has 2 nitrogen and oxygen atoms in total. The second kappa shape index (κ2) is 7.91. The fourth-order valence-corrected chi connectivity index (χ4v) is 2.16. The maximum Gasteiger partial charge on any atom is 0.140 e. The van der Waals surface area contributed by atoms with Crippen molar-refractivity contribution in [3.63, 3.8) is 0 Å². The highest BCUT2D eigenvalue weighted by Crippen LogP contribution is 2.26. The minimum atomic E-state index is 0.0625. The van der Waals surface area contributed by atoms with E-state index in [4.69, 9.17) is 4.74 Å². The quantitative estimate of drug-likeness (QED) is 0.684. The van der Waals surface area contributed by atoms with Crippen molar-refractivity contribution in [1.82, 2.24) is 0 Å². The van der Waals surface area contributed by atoms with Crippen LogP contribution in [0, 0.1) is 0 Å². The van der Waals surface area contributed by atoms with E-state index in [0.29, 0.717) is 12.2 Å². The van der Waals surface area contributed by atoms with Crippen molar-refractivity contribution >= 4 is 5.78 Å². The molecule has 2 heteroatoms. The highest BCUT2D eigenvalue weighted by atomic mass is 16.5. The number of ether oxygens (including phenoxy) is 1. The molecular formula is C16H24O2. The summed E-state index contributed by atoms with van der Waals surface area (Å²) >= 11 is 0. The SMILES string of the molecule is CCCCC(=O)C(CCC)c1ccc(OC)cc1. The van der Waals surface area contributed by atoms with E-state index in [-0.39, 0.29) is 5.92 Å². The number of rotatable bonds is 8. The molecule has 0 bridgehead atoms. The summed E-state index contributed by atoms with van der Waals surface area (Å²) in [5, 5.41) is 0. The summed E-state index contributed by atoms with van der Waals surface area (Å²) in [5.41, 5.74) is 1.12. The van der Waals surface area contributed by atoms with Gasteiger partial charge in [-0.25, -0.2) is 0 Å². The molecule has 0 fully saturated rings. The minimum Gasteiger partial charge on any atom is -0.497 e. The van der Waals surface area contributed by atoms with Crippen LogP contribution >= 0.6 is 0 Å². The number of hydrogen-bond donors (Lipinski definition) is 0. The molecule has 0 saturated carbocycles. The highest BCUT2D eigenvalue weighted by molar-refractivity contribution is 5.85. The molecule has 100 valence electrons. The van der Waals surface area contributed by atoms with Crippen molar-refractivity contribution in [2.45, 2.75) is 51.9 Å². The largest absolute Gasteiger partial charge is 0.497 e. The van der Waals surface area contributed by atoms with E-state index < -0.39 is 0 Å². The zero-order valence-electron chi connectivity index (χ0n) is 11.7. The van der Waals surface area contributed by atoms with Gasteiger partial charge in [0.2, 0.25) is 0 Å². The Hall–Kier alpha value is -1.31. The highest BCUT2D eigenvalue weighted by Gasteiger charge is 2.18. The van der Waals surface area contributed by atoms with Crippen molar-refractivity contribution < 1.29 is 9.53 Å². The lowest BCUT2D eigenvalue weighted by atomic mass is 9.88. The topological polar surface area (TPSA) is 26.3 Å². The maximum atomic E-state index is 12.2. The predicted octanol–water partition coefficient (Wildman–Crippen LogP) is 4.34. The van der Waals surface area contributed by atoms with Crippen LogP contribution in [0.5, 0.6) is 5.75 Å². The van der Waals surface area contributed by atoms with Crippen LogP contribution in [0.3, 0.4) is 0 Å². The Morgan fingerprint density at radius 2 is 1.83 bits per heavy atom. The minimum absolute atomic E-state index is 0.0625. The number of methoxy groups -OCH3 is 1. The molecule has 0 aliphatic heterocycles. The van der Waals surface area contributed by atoms with Gasteiger partial charge in [-0.1, -0.05) is 38.8 Å². The Kier molecular flexibility index (Phi) is 6.48. The van der Waals surface area contributed by atoms with Crippen molar-refractivity contribution in [2.75, 3.05) is 7.11 Å². The first kappa shape index (κ1) is 14.7. The summed E-state index contributed by atoms with van der Waals surface area (Å²) in [6.07, 6.45) is 4.75. The maximum absolute atomic E-state index is 12.2. The van der Waals surface area contributed by atoms with Crippen LogP contribution in [-0.2, 0) is 4.79 Å². The number of unbranched alkanes of at least 4 members (excludes halogenated alkanes) is 1. The summed E-state index contributed by atoms with van der Waals surface area (Å²) < 4.78 is 5.15. The lowest BCUT2D eigenvalue weighted by Crippen LogP contribution is -2.12. The predicted molar refractivity (Wildman–Crippen MR) is 75.2 cm³/mol. The Bertz CT molecular complexity index is 354. The second-order valence-electron chi connectivity index (χ2n) is 4.68. The number of benzene rings is 1. The van der Waals surface area contributed by atoms with Crippen LogP contribution in [-0.4, -0.2) is 12.9 Å². The van der Waals surface area contributed by atoms with E-state index in [1.807, 2.05) is 24.3 Å². The number of carbonyl (C=O) groups excluding carboxylic acids is 1. The molecule has 0 saturated heterocycles. The van der Waals surface area contributed by atoms with Crippen LogP contribution in [0.15, 0.2) is 24.3 Å². The molecule has 18 heavy (non-hydrogen) atoms. The van der Waals surface area contributed by atoms with Gasteiger partial charge in [-0.05, 0) is 30.5 Å². The van der Waals surface area contributed by atoms with Gasteiger partial charge in [-0.3, -0.25) is 4.79 Å². The van der Waals surface area contributed by atoms with Crippen LogP contribution in [0.1, 0.15) is 57.4 Å². The Morgan fingerprint density at radius 1 is 1.17 bits per heavy atom. The van der Waals surface area contributed by atoms with Crippen molar-refractivity contribution in [3.8, 4) is 5.75 Å². The van der Waals surface area contributed by atoms with E-state index in [0.717, 1.165) is 37.0 Å². The van der Waals surface area contributed by atoms with Crippen molar-refractivity contribution in [3.05, 3.63) is 29.8 Å². The van der Waals surface area contributed by atoms with Crippen molar-refractivity contribution in [2.24, 2.45) is 0 Å². The molecule has 1 aromatic rings. The van der Waals surface area contributed by atoms with E-state index >= 15 is 0 Å². The zero-order chi connectivity index (χ0) is 13.4. The molecule has 0 N–H and O–H groups in total. The summed E-state index contributed by atoms with van der Waals surface area (Å²) in [5.74, 6) is 1.28. The number of ketones is 1. The van der Waals surface area contributed by atoms with E-state index in [1.54, 1.807) is 7.11 Å². The lowest BCUT2D eigenvalue weighted by molar-refractivity contribution is -0.120. The molecule has 0 spiro atoms. The van der Waals surface area contributed by atoms with Gasteiger partial charge < -0.3 is 4.74 Å². The lowest BCUT2D eigenvalue weighted by Gasteiger charge is -2.15. The molecule has 0 aliphatic carbocycles. The first-order chi connectivity index (χ1) is 8.72. The molecular weight excluding hydrogens is 224 g/mol. The van der Waals surface area contributed by atoms with Gasteiger partial charge in [-0.15, -0.1) is 0 Å². The molecule has 1 rings (SSSR count). The van der Waals surface area contributed by atoms with Crippen LogP contribution < -0.4 is 4.74 Å². The van der Waals surface area contributed by atoms with Gasteiger partial charge in [0.05, 0.1) is 7.11 Å². The summed E-state index contributed by atoms with van der Waals surface area (Å²) in [7, 11) is 1.66. The standard InChI is InChI=1S/C16H24O2/c1-4-6-8-16(17)15(7-5-2)13-9-11-14(18-3)12-10-13/h9-12,15H,4-8H2,1-3H3. The smallest absolute Gasteiger partial charge is 0.140 e. The summed E-state index contributed by atoms with van der Waals surface area (Å²) in [6.45, 7) is 4.25. The first-order valence-corrected chi connectivity index (χ1v) is 6.89. The number of hydrogen-bond acceptors (Lipinski definition) is 2. The zero-order valence-corrected chi connectivity index (χ0v) is 11.7. The van der Waals surface area contributed by atoms with E-state index in [9.17, 15) is 4.79 Å². The first-order valence-electron chi connectivity index (χ1n) is 6.89. The van der Waals surface area contributed by atoms with E-state index in [1.165, 1.54) is 0 Å². The van der Waals surface area contributed by atoms with Gasteiger partial charge >= 0.3 is 0 Å². The van der Waals surface area contributed by atoms with Gasteiger partial charge in [0.25, 0.3) is 0 Å². The van der Waals surface area contributed by atoms with Crippen LogP contribution in [0.2, 0.25) is 0 Å². The third-order valence-corrected chi connectivity index (χ3v) is 3.26. The summed E-state index contributed by atoms with van der Waals surface area (Å²) in [4.78, 5) is 12.2. The van der Waals surface area contributed by atoms with E-state index in [2.05, 4.69) is 13.8 Å². The van der Waals surface area contributed by atoms with Gasteiger partial charge in [0, 0.05) is 12.3 Å². The second-order valence-corrected chi connectivity index (χ2v) is 4.68. The average Bonchev–Trinajstić information content (AvgIpc) is 2.42. The third-order valence-electron chi connectivity index (χ3n) is 3.26. The van der Waals surface area contributed by atoms with Gasteiger partial charge in [0.15, 0.2) is 0 Å². The molecule has 0 aromatic heterocycles. The normalized spacial score (nSPS) is 12.2. The summed E-state index contributed by atoms with van der Waals surface area (Å²) in [6, 6.07) is 7.90.